The molecule has 3 aromatic rings. The van der Waals surface area contributed by atoms with Crippen LogP contribution in [0.5, 0.6) is 11.5 Å². The summed E-state index contributed by atoms with van der Waals surface area (Å²) in [6, 6.07) is 8.60. The lowest BCUT2D eigenvalue weighted by atomic mass is 9.96. The Balaban J connectivity index is 1.95. The van der Waals surface area contributed by atoms with Gasteiger partial charge in [0, 0.05) is 20.3 Å². The SMILES string of the molecule is COCCCN1C(=O)c2oc3cc(C)cc(C)c3c(=O)c2C1c1ccc(OC)c(OC)c1. The highest BCUT2D eigenvalue weighted by atomic mass is 16.5. The third kappa shape index (κ3) is 3.52. The molecule has 0 spiro atoms. The number of rotatable bonds is 7. The Hall–Kier alpha value is -3.32. The highest BCUT2D eigenvalue weighted by Gasteiger charge is 2.42. The minimum absolute atomic E-state index is 0.102. The molecule has 0 bridgehead atoms. The van der Waals surface area contributed by atoms with E-state index in [1.54, 1.807) is 44.4 Å². The van der Waals surface area contributed by atoms with E-state index >= 15 is 0 Å². The molecule has 168 valence electrons. The van der Waals surface area contributed by atoms with Gasteiger partial charge in [0.2, 0.25) is 5.76 Å². The molecular formula is C25H27NO6. The minimum Gasteiger partial charge on any atom is -0.493 e. The second kappa shape index (κ2) is 8.67. The molecule has 7 nitrogen and oxygen atoms in total. The van der Waals surface area contributed by atoms with Crippen LogP contribution in [0.3, 0.4) is 0 Å². The van der Waals surface area contributed by atoms with Crippen molar-refractivity contribution in [3.05, 3.63) is 68.6 Å². The van der Waals surface area contributed by atoms with E-state index in [1.807, 2.05) is 26.0 Å². The number of benzene rings is 2. The van der Waals surface area contributed by atoms with Gasteiger partial charge < -0.3 is 23.5 Å². The van der Waals surface area contributed by atoms with E-state index in [0.717, 1.165) is 16.7 Å². The summed E-state index contributed by atoms with van der Waals surface area (Å²) in [6.45, 7) is 4.74. The first-order valence-corrected chi connectivity index (χ1v) is 10.5. The van der Waals surface area contributed by atoms with Gasteiger partial charge in [0.25, 0.3) is 5.91 Å². The fourth-order valence-electron chi connectivity index (χ4n) is 4.49. The summed E-state index contributed by atoms with van der Waals surface area (Å²) in [5, 5.41) is 0.506. The van der Waals surface area contributed by atoms with Gasteiger partial charge in [-0.25, -0.2) is 0 Å². The average molecular weight is 437 g/mol. The predicted molar refractivity (Wildman–Crippen MR) is 121 cm³/mol. The van der Waals surface area contributed by atoms with Crippen molar-refractivity contribution in [1.29, 1.82) is 0 Å². The van der Waals surface area contributed by atoms with Gasteiger partial charge in [0.15, 0.2) is 16.9 Å². The first kappa shape index (κ1) is 21.9. The molecule has 0 saturated heterocycles. The van der Waals surface area contributed by atoms with Gasteiger partial charge in [0.05, 0.1) is 31.2 Å². The van der Waals surface area contributed by atoms with Crippen LogP contribution in [0.15, 0.2) is 39.5 Å². The molecule has 7 heteroatoms. The van der Waals surface area contributed by atoms with Crippen molar-refractivity contribution in [2.45, 2.75) is 26.3 Å². The topological polar surface area (TPSA) is 78.2 Å². The number of carbonyl (C=O) groups is 1. The van der Waals surface area contributed by atoms with Crippen molar-refractivity contribution in [1.82, 2.24) is 4.90 Å². The second-order valence-electron chi connectivity index (χ2n) is 7.99. The number of fused-ring (bicyclic) bond motifs is 2. The van der Waals surface area contributed by atoms with Crippen LogP contribution in [0.2, 0.25) is 0 Å². The lowest BCUT2D eigenvalue weighted by Gasteiger charge is -2.25. The van der Waals surface area contributed by atoms with Crippen molar-refractivity contribution in [2.75, 3.05) is 34.5 Å². The molecule has 2 heterocycles. The monoisotopic (exact) mass is 437 g/mol. The number of hydrogen-bond acceptors (Lipinski definition) is 6. The molecule has 2 aromatic carbocycles. The molecule has 1 unspecified atom stereocenters. The Morgan fingerprint density at radius 3 is 2.44 bits per heavy atom. The maximum absolute atomic E-state index is 13.7. The fourth-order valence-corrected chi connectivity index (χ4v) is 4.49. The first-order chi connectivity index (χ1) is 15.4. The molecule has 0 N–H and O–H groups in total. The summed E-state index contributed by atoms with van der Waals surface area (Å²) in [4.78, 5) is 28.8. The summed E-state index contributed by atoms with van der Waals surface area (Å²) < 4.78 is 22.1. The van der Waals surface area contributed by atoms with E-state index < -0.39 is 6.04 Å². The number of carbonyl (C=O) groups excluding carboxylic acids is 1. The van der Waals surface area contributed by atoms with Crippen LogP contribution in [-0.2, 0) is 4.74 Å². The lowest BCUT2D eigenvalue weighted by Crippen LogP contribution is -2.31. The van der Waals surface area contributed by atoms with E-state index in [0.29, 0.717) is 47.6 Å². The zero-order chi connectivity index (χ0) is 23.0. The predicted octanol–water partition coefficient (Wildman–Crippen LogP) is 4.01. The van der Waals surface area contributed by atoms with E-state index in [1.165, 1.54) is 0 Å². The third-order valence-corrected chi connectivity index (χ3v) is 5.88. The van der Waals surface area contributed by atoms with Crippen LogP contribution in [0.25, 0.3) is 11.0 Å². The van der Waals surface area contributed by atoms with Crippen molar-refractivity contribution in [3.8, 4) is 11.5 Å². The summed E-state index contributed by atoms with van der Waals surface area (Å²) >= 11 is 0. The number of hydrogen-bond donors (Lipinski definition) is 0. The maximum Gasteiger partial charge on any atom is 0.290 e. The van der Waals surface area contributed by atoms with Crippen LogP contribution in [-0.4, -0.2) is 45.3 Å². The molecule has 0 radical (unpaired) electrons. The summed E-state index contributed by atoms with van der Waals surface area (Å²) in [5.74, 6) is 0.905. The highest BCUT2D eigenvalue weighted by Crippen LogP contribution is 2.41. The molecule has 0 fully saturated rings. The smallest absolute Gasteiger partial charge is 0.290 e. The largest absolute Gasteiger partial charge is 0.493 e. The standard InChI is InChI=1S/C25H27NO6/c1-14-11-15(2)20-19(12-14)32-24-21(23(20)27)22(26(25(24)28)9-6-10-29-3)16-7-8-17(30-4)18(13-16)31-5/h7-8,11-13,22H,6,9-10H2,1-5H3. The van der Waals surface area contributed by atoms with E-state index in [2.05, 4.69) is 0 Å². The number of nitrogens with zero attached hydrogens (tertiary/aromatic N) is 1. The molecule has 1 aliphatic heterocycles. The maximum atomic E-state index is 13.7. The van der Waals surface area contributed by atoms with Gasteiger partial charge in [-0.1, -0.05) is 12.1 Å². The Kier molecular flexibility index (Phi) is 5.93. The van der Waals surface area contributed by atoms with Crippen LogP contribution in [0, 0.1) is 13.8 Å². The fraction of sp³-hybridized carbons (Fsp3) is 0.360. The molecule has 1 amide bonds. The highest BCUT2D eigenvalue weighted by molar-refractivity contribution is 5.99. The lowest BCUT2D eigenvalue weighted by molar-refractivity contribution is 0.0707. The molecule has 1 atom stereocenters. The molecule has 32 heavy (non-hydrogen) atoms. The van der Waals surface area contributed by atoms with Crippen LogP contribution < -0.4 is 14.9 Å². The molecule has 0 saturated carbocycles. The number of amides is 1. The van der Waals surface area contributed by atoms with Crippen LogP contribution in [0.1, 0.15) is 45.3 Å². The van der Waals surface area contributed by atoms with Crippen LogP contribution >= 0.6 is 0 Å². The summed E-state index contributed by atoms with van der Waals surface area (Å²) in [5.41, 5.74) is 3.16. The second-order valence-corrected chi connectivity index (χ2v) is 7.99. The first-order valence-electron chi connectivity index (χ1n) is 10.5. The van der Waals surface area contributed by atoms with Crippen molar-refractivity contribution in [2.24, 2.45) is 0 Å². The molecule has 4 rings (SSSR count). The van der Waals surface area contributed by atoms with Crippen LogP contribution in [0.4, 0.5) is 0 Å². The normalized spacial score (nSPS) is 15.3. The Morgan fingerprint density at radius 1 is 1.00 bits per heavy atom. The van der Waals surface area contributed by atoms with Gasteiger partial charge in [-0.3, -0.25) is 9.59 Å². The van der Waals surface area contributed by atoms with Crippen molar-refractivity contribution in [3.63, 3.8) is 0 Å². The number of methoxy groups -OCH3 is 3. The molecule has 1 aromatic heterocycles. The van der Waals surface area contributed by atoms with Crippen molar-refractivity contribution >= 4 is 16.9 Å². The Labute approximate surface area is 186 Å². The van der Waals surface area contributed by atoms with E-state index in [-0.39, 0.29) is 17.1 Å². The minimum atomic E-state index is -0.587. The van der Waals surface area contributed by atoms with Gasteiger partial charge in [-0.15, -0.1) is 0 Å². The number of aryl methyl sites for hydroxylation is 2. The van der Waals surface area contributed by atoms with Gasteiger partial charge in [0.1, 0.15) is 5.58 Å². The average Bonchev–Trinajstić information content (AvgIpc) is 3.05. The third-order valence-electron chi connectivity index (χ3n) is 5.88. The zero-order valence-corrected chi connectivity index (χ0v) is 19.0. The molecule has 0 aliphatic carbocycles. The summed E-state index contributed by atoms with van der Waals surface area (Å²) in [7, 11) is 4.74. The van der Waals surface area contributed by atoms with E-state index in [4.69, 9.17) is 18.6 Å². The Bertz CT molecular complexity index is 1250. The molecule has 1 aliphatic rings. The quantitative estimate of drug-likeness (QED) is 0.520. The van der Waals surface area contributed by atoms with E-state index in [9.17, 15) is 9.59 Å². The molecular weight excluding hydrogens is 410 g/mol. The van der Waals surface area contributed by atoms with Gasteiger partial charge >= 0.3 is 0 Å². The van der Waals surface area contributed by atoms with Crippen molar-refractivity contribution < 1.29 is 23.4 Å². The number of ether oxygens (including phenoxy) is 3. The summed E-state index contributed by atoms with van der Waals surface area (Å²) in [6.07, 6.45) is 0.631. The Morgan fingerprint density at radius 2 is 1.75 bits per heavy atom. The van der Waals surface area contributed by atoms with Gasteiger partial charge in [-0.05, 0) is 55.2 Å². The van der Waals surface area contributed by atoms with Gasteiger partial charge in [-0.2, -0.15) is 0 Å². The zero-order valence-electron chi connectivity index (χ0n) is 19.0.